The number of benzene rings is 1. The summed E-state index contributed by atoms with van der Waals surface area (Å²) in [5.41, 5.74) is 1.20. The van der Waals surface area contributed by atoms with Crippen LogP contribution >= 0.6 is 0 Å². The summed E-state index contributed by atoms with van der Waals surface area (Å²) in [7, 11) is 1.67. The quantitative estimate of drug-likeness (QED) is 0.711. The van der Waals surface area contributed by atoms with Crippen molar-refractivity contribution in [2.24, 2.45) is 0 Å². The van der Waals surface area contributed by atoms with Crippen molar-refractivity contribution in [1.29, 1.82) is 0 Å². The molecule has 1 aromatic rings. The van der Waals surface area contributed by atoms with Gasteiger partial charge < -0.3 is 19.3 Å². The third-order valence-electron chi connectivity index (χ3n) is 4.14. The van der Waals surface area contributed by atoms with Crippen molar-refractivity contribution >= 4 is 0 Å². The molecule has 0 radical (unpaired) electrons. The lowest BCUT2D eigenvalue weighted by Gasteiger charge is -2.27. The Kier molecular flexibility index (Phi) is 7.99. The van der Waals surface area contributed by atoms with E-state index in [-0.39, 0.29) is 12.2 Å². The van der Waals surface area contributed by atoms with Crippen molar-refractivity contribution < 1.29 is 19.3 Å². The molecule has 2 rings (SSSR count). The van der Waals surface area contributed by atoms with Crippen molar-refractivity contribution in [3.05, 3.63) is 29.8 Å². The Labute approximate surface area is 145 Å². The number of rotatable bonds is 10. The molecule has 0 unspecified atom stereocenters. The first kappa shape index (κ1) is 19.2. The van der Waals surface area contributed by atoms with Crippen molar-refractivity contribution in [1.82, 2.24) is 4.90 Å². The van der Waals surface area contributed by atoms with Crippen LogP contribution in [0.3, 0.4) is 0 Å². The Hall–Kier alpha value is -1.14. The highest BCUT2D eigenvalue weighted by atomic mass is 16.5. The van der Waals surface area contributed by atoms with Gasteiger partial charge in [-0.1, -0.05) is 12.1 Å². The molecule has 1 fully saturated rings. The standard InChI is InChI=1S/C19H31NO4/c1-15(2)24-14-17(21)12-20(13-19-5-4-10-23-19)11-16-6-8-18(22-3)9-7-16/h6-9,15,17,19,21H,4-5,10-14H2,1-3H3/t17-,19+/m1/s1. The summed E-state index contributed by atoms with van der Waals surface area (Å²) in [6.45, 7) is 7.37. The van der Waals surface area contributed by atoms with Crippen molar-refractivity contribution in [3.8, 4) is 5.75 Å². The predicted molar refractivity (Wildman–Crippen MR) is 94.3 cm³/mol. The summed E-state index contributed by atoms with van der Waals surface area (Å²) in [5, 5.41) is 10.3. The van der Waals surface area contributed by atoms with Crippen molar-refractivity contribution in [2.45, 2.75) is 51.5 Å². The maximum absolute atomic E-state index is 10.3. The molecule has 0 spiro atoms. The average molecular weight is 337 g/mol. The van der Waals surface area contributed by atoms with Gasteiger partial charge in [0.25, 0.3) is 0 Å². The molecule has 0 amide bonds. The third-order valence-corrected chi connectivity index (χ3v) is 4.14. The van der Waals surface area contributed by atoms with Gasteiger partial charge in [0.05, 0.1) is 32.0 Å². The van der Waals surface area contributed by atoms with Crippen LogP contribution in [0.15, 0.2) is 24.3 Å². The zero-order valence-electron chi connectivity index (χ0n) is 15.1. The van der Waals surface area contributed by atoms with Gasteiger partial charge in [-0.2, -0.15) is 0 Å². The molecule has 5 heteroatoms. The fourth-order valence-corrected chi connectivity index (χ4v) is 2.92. The topological polar surface area (TPSA) is 51.2 Å². The van der Waals surface area contributed by atoms with Crippen LogP contribution in [0.25, 0.3) is 0 Å². The van der Waals surface area contributed by atoms with Crippen molar-refractivity contribution in [2.75, 3.05) is 33.4 Å². The minimum absolute atomic E-state index is 0.132. The van der Waals surface area contributed by atoms with E-state index < -0.39 is 6.10 Å². The number of hydrogen-bond acceptors (Lipinski definition) is 5. The Balaban J connectivity index is 1.92. The van der Waals surface area contributed by atoms with E-state index in [1.165, 1.54) is 5.56 Å². The molecule has 5 nitrogen and oxygen atoms in total. The Bertz CT molecular complexity index is 457. The highest BCUT2D eigenvalue weighted by Gasteiger charge is 2.21. The Morgan fingerprint density at radius 1 is 1.29 bits per heavy atom. The molecule has 1 N–H and O–H groups in total. The minimum atomic E-state index is -0.493. The Morgan fingerprint density at radius 2 is 2.04 bits per heavy atom. The fraction of sp³-hybridized carbons (Fsp3) is 0.684. The van der Waals surface area contributed by atoms with Crippen LogP contribution in [0.1, 0.15) is 32.3 Å². The van der Waals surface area contributed by atoms with Gasteiger partial charge in [-0.25, -0.2) is 0 Å². The molecule has 0 aliphatic carbocycles. The van der Waals surface area contributed by atoms with Crippen LogP contribution in [-0.2, 0) is 16.0 Å². The maximum Gasteiger partial charge on any atom is 0.118 e. The highest BCUT2D eigenvalue weighted by molar-refractivity contribution is 5.27. The fourth-order valence-electron chi connectivity index (χ4n) is 2.92. The molecule has 136 valence electrons. The number of methoxy groups -OCH3 is 1. The first-order chi connectivity index (χ1) is 11.6. The van der Waals surface area contributed by atoms with Crippen LogP contribution in [0, 0.1) is 0 Å². The van der Waals surface area contributed by atoms with Crippen molar-refractivity contribution in [3.63, 3.8) is 0 Å². The highest BCUT2D eigenvalue weighted by Crippen LogP contribution is 2.17. The first-order valence-electron chi connectivity index (χ1n) is 8.83. The van der Waals surface area contributed by atoms with E-state index >= 15 is 0 Å². The van der Waals surface area contributed by atoms with Crippen LogP contribution in [0.4, 0.5) is 0 Å². The van der Waals surface area contributed by atoms with E-state index in [9.17, 15) is 5.11 Å². The molecule has 0 saturated carbocycles. The lowest BCUT2D eigenvalue weighted by atomic mass is 10.1. The second kappa shape index (κ2) is 9.99. The number of nitrogens with zero attached hydrogens (tertiary/aromatic N) is 1. The summed E-state index contributed by atoms with van der Waals surface area (Å²) in [6, 6.07) is 8.08. The summed E-state index contributed by atoms with van der Waals surface area (Å²) in [5.74, 6) is 0.856. The third kappa shape index (κ3) is 6.77. The van der Waals surface area contributed by atoms with E-state index in [2.05, 4.69) is 17.0 Å². The minimum Gasteiger partial charge on any atom is -0.497 e. The van der Waals surface area contributed by atoms with Gasteiger partial charge in [-0.05, 0) is 44.4 Å². The van der Waals surface area contributed by atoms with Crippen LogP contribution in [0.2, 0.25) is 0 Å². The summed E-state index contributed by atoms with van der Waals surface area (Å²) >= 11 is 0. The zero-order chi connectivity index (χ0) is 17.4. The van der Waals surface area contributed by atoms with Gasteiger partial charge in [-0.3, -0.25) is 4.90 Å². The van der Waals surface area contributed by atoms with E-state index in [4.69, 9.17) is 14.2 Å². The van der Waals surface area contributed by atoms with Crippen LogP contribution in [-0.4, -0.2) is 61.7 Å². The zero-order valence-corrected chi connectivity index (χ0v) is 15.1. The molecule has 1 saturated heterocycles. The number of aliphatic hydroxyl groups is 1. The normalized spacial score (nSPS) is 19.2. The van der Waals surface area contributed by atoms with Gasteiger partial charge in [0.2, 0.25) is 0 Å². The molecular weight excluding hydrogens is 306 g/mol. The summed E-state index contributed by atoms with van der Waals surface area (Å²) in [4.78, 5) is 2.26. The average Bonchev–Trinajstić information content (AvgIpc) is 3.06. The van der Waals surface area contributed by atoms with Gasteiger partial charge in [0, 0.05) is 26.2 Å². The van der Waals surface area contributed by atoms with Gasteiger partial charge in [0.15, 0.2) is 0 Å². The number of aliphatic hydroxyl groups excluding tert-OH is 1. The SMILES string of the molecule is COc1ccc(CN(C[C@@H](O)COC(C)C)C[C@@H]2CCCO2)cc1. The van der Waals surface area contributed by atoms with E-state index in [1.54, 1.807) is 7.11 Å². The molecule has 0 bridgehead atoms. The molecule has 1 aliphatic heterocycles. The Morgan fingerprint density at radius 3 is 2.62 bits per heavy atom. The maximum atomic E-state index is 10.3. The second-order valence-electron chi connectivity index (χ2n) is 6.71. The first-order valence-corrected chi connectivity index (χ1v) is 8.83. The van der Waals surface area contributed by atoms with Gasteiger partial charge >= 0.3 is 0 Å². The van der Waals surface area contributed by atoms with E-state index in [0.717, 1.165) is 38.3 Å². The molecular formula is C19H31NO4. The smallest absolute Gasteiger partial charge is 0.118 e. The number of hydrogen-bond donors (Lipinski definition) is 1. The van der Waals surface area contributed by atoms with Crippen LogP contribution in [0.5, 0.6) is 5.75 Å². The van der Waals surface area contributed by atoms with Gasteiger partial charge in [-0.15, -0.1) is 0 Å². The number of ether oxygens (including phenoxy) is 3. The largest absolute Gasteiger partial charge is 0.497 e. The summed E-state index contributed by atoms with van der Waals surface area (Å²) < 4.78 is 16.5. The van der Waals surface area contributed by atoms with Crippen LogP contribution < -0.4 is 4.74 Å². The molecule has 1 aliphatic rings. The van der Waals surface area contributed by atoms with E-state index in [1.807, 2.05) is 26.0 Å². The van der Waals surface area contributed by atoms with E-state index in [0.29, 0.717) is 13.2 Å². The molecule has 0 aromatic heterocycles. The monoisotopic (exact) mass is 337 g/mol. The molecule has 2 atom stereocenters. The molecule has 1 heterocycles. The second-order valence-corrected chi connectivity index (χ2v) is 6.71. The lowest BCUT2D eigenvalue weighted by Crippen LogP contribution is -2.39. The van der Waals surface area contributed by atoms with Gasteiger partial charge in [0.1, 0.15) is 5.75 Å². The predicted octanol–water partition coefficient (Wildman–Crippen LogP) is 2.46. The molecule has 24 heavy (non-hydrogen) atoms. The summed E-state index contributed by atoms with van der Waals surface area (Å²) in [6.07, 6.45) is 2.12. The molecule has 1 aromatic carbocycles. The lowest BCUT2D eigenvalue weighted by molar-refractivity contribution is -0.0172.